The molecule has 7 nitrogen and oxygen atoms in total. The Hall–Kier alpha value is -3.65. The van der Waals surface area contributed by atoms with Gasteiger partial charge in [0.1, 0.15) is 17.2 Å². The van der Waals surface area contributed by atoms with E-state index < -0.39 is 0 Å². The van der Waals surface area contributed by atoms with Crippen molar-refractivity contribution in [2.75, 3.05) is 32.0 Å². The monoisotopic (exact) mass is 466 g/mol. The number of hydrogen-bond donors (Lipinski definition) is 2. The molecule has 2 amide bonds. The molecular weight excluding hydrogens is 440 g/mol. The van der Waals surface area contributed by atoms with Crippen LogP contribution in [0, 0.1) is 0 Å². The number of thioether (sulfide) groups is 1. The second kappa shape index (κ2) is 11.3. The van der Waals surface area contributed by atoms with E-state index in [9.17, 15) is 9.59 Å². The van der Waals surface area contributed by atoms with Crippen molar-refractivity contribution in [1.82, 2.24) is 0 Å². The molecule has 0 radical (unpaired) electrons. The summed E-state index contributed by atoms with van der Waals surface area (Å²) in [5, 5.41) is 5.35. The molecule has 1 atom stereocenters. The molecule has 0 aromatic heterocycles. The molecule has 0 spiro atoms. The minimum absolute atomic E-state index is 0.197. The van der Waals surface area contributed by atoms with Crippen LogP contribution in [0.15, 0.2) is 71.6 Å². The number of nitrogens with one attached hydrogen (secondary N) is 2. The molecule has 2 N–H and O–H groups in total. The Morgan fingerprint density at radius 2 is 1.36 bits per heavy atom. The molecule has 0 fully saturated rings. The number of carbonyl (C=O) groups is 2. The summed E-state index contributed by atoms with van der Waals surface area (Å²) in [4.78, 5) is 26.3. The van der Waals surface area contributed by atoms with E-state index in [0.717, 1.165) is 10.6 Å². The maximum Gasteiger partial charge on any atom is 0.255 e. The molecular formula is C25H26N2O5S. The lowest BCUT2D eigenvalue weighted by atomic mass is 10.2. The van der Waals surface area contributed by atoms with E-state index >= 15 is 0 Å². The SMILES string of the molecule is COc1ccc(SC(C)C(=O)Nc2cc(OC)c(NC(=O)c3ccccc3)cc2OC)cc1. The summed E-state index contributed by atoms with van der Waals surface area (Å²) in [7, 11) is 4.60. The van der Waals surface area contributed by atoms with Gasteiger partial charge in [0, 0.05) is 22.6 Å². The first-order valence-corrected chi connectivity index (χ1v) is 11.1. The molecule has 172 valence electrons. The predicted molar refractivity (Wildman–Crippen MR) is 131 cm³/mol. The zero-order valence-corrected chi connectivity index (χ0v) is 19.7. The fraction of sp³-hybridized carbons (Fsp3) is 0.200. The highest BCUT2D eigenvalue weighted by molar-refractivity contribution is 8.00. The Morgan fingerprint density at radius 3 is 1.91 bits per heavy atom. The van der Waals surface area contributed by atoms with Gasteiger partial charge < -0.3 is 24.8 Å². The van der Waals surface area contributed by atoms with Gasteiger partial charge in [-0.3, -0.25) is 9.59 Å². The minimum atomic E-state index is -0.369. The Kier molecular flexibility index (Phi) is 8.21. The van der Waals surface area contributed by atoms with Crippen molar-refractivity contribution in [3.8, 4) is 17.2 Å². The van der Waals surface area contributed by atoms with Gasteiger partial charge in [0.25, 0.3) is 5.91 Å². The number of benzene rings is 3. The van der Waals surface area contributed by atoms with Crippen molar-refractivity contribution < 1.29 is 23.8 Å². The van der Waals surface area contributed by atoms with E-state index in [4.69, 9.17) is 14.2 Å². The Bertz CT molecular complexity index is 1100. The number of rotatable bonds is 9. The Labute approximate surface area is 197 Å². The van der Waals surface area contributed by atoms with Crippen LogP contribution < -0.4 is 24.8 Å². The van der Waals surface area contributed by atoms with Crippen LogP contribution in [0.4, 0.5) is 11.4 Å². The summed E-state index contributed by atoms with van der Waals surface area (Å²) in [6.07, 6.45) is 0. The zero-order valence-electron chi connectivity index (χ0n) is 18.9. The van der Waals surface area contributed by atoms with Crippen molar-refractivity contribution in [3.05, 3.63) is 72.3 Å². The molecule has 1 unspecified atom stereocenters. The molecule has 0 aliphatic heterocycles. The van der Waals surface area contributed by atoms with Crippen molar-refractivity contribution >= 4 is 35.0 Å². The number of carbonyl (C=O) groups excluding carboxylic acids is 2. The predicted octanol–water partition coefficient (Wildman–Crippen LogP) is 5.08. The first-order valence-electron chi connectivity index (χ1n) is 10.2. The van der Waals surface area contributed by atoms with Gasteiger partial charge in [-0.2, -0.15) is 0 Å². The fourth-order valence-electron chi connectivity index (χ4n) is 3.02. The summed E-state index contributed by atoms with van der Waals surface area (Å²) >= 11 is 1.43. The van der Waals surface area contributed by atoms with E-state index in [2.05, 4.69) is 10.6 Å². The summed E-state index contributed by atoms with van der Waals surface area (Å²) in [6.45, 7) is 1.82. The van der Waals surface area contributed by atoms with Gasteiger partial charge >= 0.3 is 0 Å². The third-order valence-electron chi connectivity index (χ3n) is 4.81. The van der Waals surface area contributed by atoms with Crippen LogP contribution in [0.2, 0.25) is 0 Å². The maximum atomic E-state index is 12.8. The number of hydrogen-bond acceptors (Lipinski definition) is 6. The smallest absolute Gasteiger partial charge is 0.255 e. The minimum Gasteiger partial charge on any atom is -0.497 e. The van der Waals surface area contributed by atoms with Gasteiger partial charge in [0.15, 0.2) is 0 Å². The molecule has 33 heavy (non-hydrogen) atoms. The number of amides is 2. The summed E-state index contributed by atoms with van der Waals surface area (Å²) in [6, 6.07) is 19.6. The average Bonchev–Trinajstić information content (AvgIpc) is 2.85. The number of ether oxygens (including phenoxy) is 3. The van der Waals surface area contributed by atoms with E-state index in [0.29, 0.717) is 28.4 Å². The first-order chi connectivity index (χ1) is 15.9. The van der Waals surface area contributed by atoms with Crippen LogP contribution >= 0.6 is 11.8 Å². The number of methoxy groups -OCH3 is 3. The fourth-order valence-corrected chi connectivity index (χ4v) is 3.89. The van der Waals surface area contributed by atoms with Crippen LogP contribution in [-0.4, -0.2) is 38.4 Å². The summed E-state index contributed by atoms with van der Waals surface area (Å²) in [5.74, 6) is 1.07. The van der Waals surface area contributed by atoms with Gasteiger partial charge in [-0.05, 0) is 43.3 Å². The number of anilines is 2. The lowest BCUT2D eigenvalue weighted by Gasteiger charge is -2.18. The van der Waals surface area contributed by atoms with E-state index in [1.807, 2.05) is 37.3 Å². The molecule has 0 saturated carbocycles. The molecule has 0 aliphatic carbocycles. The van der Waals surface area contributed by atoms with Gasteiger partial charge in [0.2, 0.25) is 5.91 Å². The third-order valence-corrected chi connectivity index (χ3v) is 5.92. The van der Waals surface area contributed by atoms with Crippen molar-refractivity contribution in [2.45, 2.75) is 17.1 Å². The van der Waals surface area contributed by atoms with E-state index in [-0.39, 0.29) is 17.1 Å². The third kappa shape index (κ3) is 6.20. The summed E-state index contributed by atoms with van der Waals surface area (Å²) < 4.78 is 16.1. The molecule has 0 saturated heterocycles. The highest BCUT2D eigenvalue weighted by Crippen LogP contribution is 2.37. The van der Waals surface area contributed by atoms with Crippen LogP contribution in [-0.2, 0) is 4.79 Å². The van der Waals surface area contributed by atoms with Gasteiger partial charge in [-0.1, -0.05) is 18.2 Å². The second-order valence-corrected chi connectivity index (χ2v) is 8.41. The first kappa shape index (κ1) is 24.0. The maximum absolute atomic E-state index is 12.8. The topological polar surface area (TPSA) is 85.9 Å². The van der Waals surface area contributed by atoms with Crippen LogP contribution in [0.1, 0.15) is 17.3 Å². The van der Waals surface area contributed by atoms with E-state index in [1.54, 1.807) is 43.5 Å². The highest BCUT2D eigenvalue weighted by Gasteiger charge is 2.19. The molecule has 3 rings (SSSR count). The largest absolute Gasteiger partial charge is 0.497 e. The van der Waals surface area contributed by atoms with Crippen molar-refractivity contribution in [1.29, 1.82) is 0 Å². The van der Waals surface area contributed by atoms with E-state index in [1.165, 1.54) is 26.0 Å². The normalized spacial score (nSPS) is 11.3. The van der Waals surface area contributed by atoms with Crippen LogP contribution in [0.3, 0.4) is 0 Å². The zero-order chi connectivity index (χ0) is 23.8. The van der Waals surface area contributed by atoms with Crippen molar-refractivity contribution in [3.63, 3.8) is 0 Å². The average molecular weight is 467 g/mol. The second-order valence-electron chi connectivity index (χ2n) is 7.00. The van der Waals surface area contributed by atoms with Gasteiger partial charge in [-0.15, -0.1) is 11.8 Å². The lowest BCUT2D eigenvalue weighted by molar-refractivity contribution is -0.115. The van der Waals surface area contributed by atoms with Crippen LogP contribution in [0.25, 0.3) is 0 Å². The van der Waals surface area contributed by atoms with Crippen LogP contribution in [0.5, 0.6) is 17.2 Å². The summed E-state index contributed by atoms with van der Waals surface area (Å²) in [5.41, 5.74) is 1.39. The highest BCUT2D eigenvalue weighted by atomic mass is 32.2. The molecule has 3 aromatic rings. The Morgan fingerprint density at radius 1 is 0.788 bits per heavy atom. The molecule has 0 bridgehead atoms. The Balaban J connectivity index is 1.75. The molecule has 0 aliphatic rings. The molecule has 0 heterocycles. The van der Waals surface area contributed by atoms with Gasteiger partial charge in [-0.25, -0.2) is 0 Å². The molecule has 8 heteroatoms. The molecule has 3 aromatic carbocycles. The lowest BCUT2D eigenvalue weighted by Crippen LogP contribution is -2.23. The van der Waals surface area contributed by atoms with Gasteiger partial charge in [0.05, 0.1) is 38.0 Å². The quantitative estimate of drug-likeness (QED) is 0.428. The van der Waals surface area contributed by atoms with Crippen molar-refractivity contribution in [2.24, 2.45) is 0 Å². The standard InChI is InChI=1S/C25H26N2O5S/c1-16(33-19-12-10-18(30-2)11-13-19)24(28)26-20-14-23(32-4)21(15-22(20)31-3)27-25(29)17-8-6-5-7-9-17/h5-16H,1-4H3,(H,26,28)(H,27,29).